The number of rotatable bonds is 3. The average molecular weight is 288 g/mol. The van der Waals surface area contributed by atoms with E-state index < -0.39 is 11.8 Å². The smallest absolute Gasteiger partial charge is 0.311 e. The molecule has 0 radical (unpaired) electrons. The first-order valence-corrected chi connectivity index (χ1v) is 7.68. The van der Waals surface area contributed by atoms with E-state index in [1.165, 1.54) is 12.0 Å². The van der Waals surface area contributed by atoms with Gasteiger partial charge in [0.1, 0.15) is 0 Å². The lowest BCUT2D eigenvalue weighted by atomic mass is 9.94. The van der Waals surface area contributed by atoms with Crippen molar-refractivity contribution in [3.8, 4) is 0 Å². The second kappa shape index (κ2) is 7.25. The van der Waals surface area contributed by atoms with Gasteiger partial charge in [0.05, 0.1) is 0 Å². The number of carbonyl (C=O) groups is 2. The van der Waals surface area contributed by atoms with Gasteiger partial charge in [-0.05, 0) is 25.3 Å². The largest absolute Gasteiger partial charge is 0.344 e. The lowest BCUT2D eigenvalue weighted by Crippen LogP contribution is -2.46. The summed E-state index contributed by atoms with van der Waals surface area (Å²) in [6, 6.07) is 8.14. The molecular formula is C17H24N2O2. The second-order valence-electron chi connectivity index (χ2n) is 5.88. The van der Waals surface area contributed by atoms with Gasteiger partial charge in [-0.15, -0.1) is 0 Å². The highest BCUT2D eigenvalue weighted by Gasteiger charge is 2.26. The van der Waals surface area contributed by atoms with Gasteiger partial charge in [0, 0.05) is 19.6 Å². The number of nitrogens with one attached hydrogen (secondary N) is 1. The summed E-state index contributed by atoms with van der Waals surface area (Å²) in [6.07, 6.45) is 5.54. The standard InChI is InChI=1S/C17H24N2O2/c1-13-8-10-14(11-9-13)12-18-16(20)17(21)19(2)15-6-4-3-5-7-15/h8-11,15H,3-7,12H2,1-2H3,(H,18,20). The molecule has 0 aliphatic heterocycles. The topological polar surface area (TPSA) is 49.4 Å². The predicted molar refractivity (Wildman–Crippen MR) is 82.7 cm³/mol. The number of carbonyl (C=O) groups excluding carboxylic acids is 2. The third-order valence-corrected chi connectivity index (χ3v) is 4.21. The molecule has 4 heteroatoms. The molecule has 0 unspecified atom stereocenters. The summed E-state index contributed by atoms with van der Waals surface area (Å²) >= 11 is 0. The van der Waals surface area contributed by atoms with Gasteiger partial charge in [-0.25, -0.2) is 0 Å². The summed E-state index contributed by atoms with van der Waals surface area (Å²) in [6.45, 7) is 2.41. The van der Waals surface area contributed by atoms with Gasteiger partial charge in [-0.3, -0.25) is 9.59 Å². The molecule has 2 amide bonds. The third kappa shape index (κ3) is 4.31. The Balaban J connectivity index is 1.84. The first-order chi connectivity index (χ1) is 10.1. The number of benzene rings is 1. The van der Waals surface area contributed by atoms with E-state index in [1.54, 1.807) is 11.9 Å². The number of hydrogen-bond donors (Lipinski definition) is 1. The van der Waals surface area contributed by atoms with Crippen LogP contribution in [0.15, 0.2) is 24.3 Å². The fourth-order valence-corrected chi connectivity index (χ4v) is 2.76. The van der Waals surface area contributed by atoms with Crippen LogP contribution in [0.3, 0.4) is 0 Å². The van der Waals surface area contributed by atoms with Gasteiger partial charge in [0.15, 0.2) is 0 Å². The van der Waals surface area contributed by atoms with Gasteiger partial charge in [-0.2, -0.15) is 0 Å². The molecular weight excluding hydrogens is 264 g/mol. The van der Waals surface area contributed by atoms with Crippen LogP contribution < -0.4 is 5.32 Å². The molecule has 4 nitrogen and oxygen atoms in total. The Kier molecular flexibility index (Phi) is 5.37. The van der Waals surface area contributed by atoms with Crippen LogP contribution in [0.1, 0.15) is 43.2 Å². The number of hydrogen-bond acceptors (Lipinski definition) is 2. The van der Waals surface area contributed by atoms with Crippen molar-refractivity contribution in [2.45, 2.75) is 51.6 Å². The summed E-state index contributed by atoms with van der Waals surface area (Å²) in [5.41, 5.74) is 2.18. The second-order valence-corrected chi connectivity index (χ2v) is 5.88. The van der Waals surface area contributed by atoms with E-state index >= 15 is 0 Å². The molecule has 1 aliphatic carbocycles. The van der Waals surface area contributed by atoms with Gasteiger partial charge in [0.2, 0.25) is 0 Å². The van der Waals surface area contributed by atoms with Gasteiger partial charge >= 0.3 is 11.8 Å². The molecule has 0 heterocycles. The summed E-state index contributed by atoms with van der Waals surface area (Å²) in [7, 11) is 1.74. The highest BCUT2D eigenvalue weighted by atomic mass is 16.2. The molecule has 1 fully saturated rings. The first kappa shape index (κ1) is 15.5. The number of nitrogens with zero attached hydrogens (tertiary/aromatic N) is 1. The monoisotopic (exact) mass is 288 g/mol. The molecule has 0 atom stereocenters. The summed E-state index contributed by atoms with van der Waals surface area (Å²) in [5.74, 6) is -0.933. The molecule has 0 bridgehead atoms. The van der Waals surface area contributed by atoms with Crippen molar-refractivity contribution in [1.29, 1.82) is 0 Å². The van der Waals surface area contributed by atoms with Crippen LogP contribution in [0, 0.1) is 6.92 Å². The van der Waals surface area contributed by atoms with E-state index in [9.17, 15) is 9.59 Å². The quantitative estimate of drug-likeness (QED) is 0.868. The van der Waals surface area contributed by atoms with Gasteiger partial charge in [-0.1, -0.05) is 49.1 Å². The predicted octanol–water partition coefficient (Wildman–Crippen LogP) is 2.40. The minimum Gasteiger partial charge on any atom is -0.344 e. The van der Waals surface area contributed by atoms with Crippen molar-refractivity contribution in [3.05, 3.63) is 35.4 Å². The van der Waals surface area contributed by atoms with E-state index in [1.807, 2.05) is 31.2 Å². The zero-order valence-electron chi connectivity index (χ0n) is 12.9. The molecule has 2 rings (SSSR count). The highest BCUT2D eigenvalue weighted by molar-refractivity contribution is 6.34. The zero-order valence-corrected chi connectivity index (χ0v) is 12.9. The van der Waals surface area contributed by atoms with Crippen molar-refractivity contribution < 1.29 is 9.59 Å². The van der Waals surface area contributed by atoms with Crippen molar-refractivity contribution in [1.82, 2.24) is 10.2 Å². The maximum atomic E-state index is 12.1. The number of aryl methyl sites for hydroxylation is 1. The van der Waals surface area contributed by atoms with Crippen LogP contribution in [-0.2, 0) is 16.1 Å². The Morgan fingerprint density at radius 3 is 2.38 bits per heavy atom. The van der Waals surface area contributed by atoms with E-state index in [4.69, 9.17) is 0 Å². The van der Waals surface area contributed by atoms with E-state index in [0.29, 0.717) is 6.54 Å². The van der Waals surface area contributed by atoms with E-state index in [2.05, 4.69) is 5.32 Å². The average Bonchev–Trinajstić information content (AvgIpc) is 2.53. The molecule has 1 aromatic rings. The Labute approximate surface area is 126 Å². The van der Waals surface area contributed by atoms with Crippen LogP contribution >= 0.6 is 0 Å². The fraction of sp³-hybridized carbons (Fsp3) is 0.529. The van der Waals surface area contributed by atoms with Crippen LogP contribution in [0.4, 0.5) is 0 Å². The molecule has 21 heavy (non-hydrogen) atoms. The van der Waals surface area contributed by atoms with Crippen LogP contribution in [0.2, 0.25) is 0 Å². The van der Waals surface area contributed by atoms with E-state index in [0.717, 1.165) is 31.2 Å². The Bertz CT molecular complexity index is 490. The van der Waals surface area contributed by atoms with Gasteiger partial charge < -0.3 is 10.2 Å². The Morgan fingerprint density at radius 2 is 1.76 bits per heavy atom. The SMILES string of the molecule is Cc1ccc(CNC(=O)C(=O)N(C)C2CCCCC2)cc1. The fourth-order valence-electron chi connectivity index (χ4n) is 2.76. The molecule has 1 aliphatic rings. The van der Waals surface area contributed by atoms with Crippen molar-refractivity contribution in [2.75, 3.05) is 7.05 Å². The maximum absolute atomic E-state index is 12.1. The normalized spacial score (nSPS) is 15.5. The van der Waals surface area contributed by atoms with E-state index in [-0.39, 0.29) is 6.04 Å². The first-order valence-electron chi connectivity index (χ1n) is 7.68. The lowest BCUT2D eigenvalue weighted by Gasteiger charge is -2.30. The zero-order chi connectivity index (χ0) is 15.2. The third-order valence-electron chi connectivity index (χ3n) is 4.21. The summed E-state index contributed by atoms with van der Waals surface area (Å²) in [5, 5.41) is 2.71. The van der Waals surface area contributed by atoms with Crippen molar-refractivity contribution in [2.24, 2.45) is 0 Å². The molecule has 1 aromatic carbocycles. The number of likely N-dealkylation sites (N-methyl/N-ethyl adjacent to an activating group) is 1. The summed E-state index contributed by atoms with van der Waals surface area (Å²) < 4.78 is 0. The molecule has 1 N–H and O–H groups in total. The minimum absolute atomic E-state index is 0.219. The maximum Gasteiger partial charge on any atom is 0.311 e. The van der Waals surface area contributed by atoms with Gasteiger partial charge in [0.25, 0.3) is 0 Å². The van der Waals surface area contributed by atoms with Crippen LogP contribution in [0.25, 0.3) is 0 Å². The minimum atomic E-state index is -0.511. The number of amides is 2. The van der Waals surface area contributed by atoms with Crippen molar-refractivity contribution >= 4 is 11.8 Å². The van der Waals surface area contributed by atoms with Crippen LogP contribution in [-0.4, -0.2) is 29.8 Å². The molecule has 0 saturated heterocycles. The van der Waals surface area contributed by atoms with Crippen LogP contribution in [0.5, 0.6) is 0 Å². The molecule has 114 valence electrons. The molecule has 1 saturated carbocycles. The summed E-state index contributed by atoms with van der Waals surface area (Å²) in [4.78, 5) is 25.7. The lowest BCUT2D eigenvalue weighted by molar-refractivity contribution is -0.146. The molecule has 0 aromatic heterocycles. The van der Waals surface area contributed by atoms with Crippen molar-refractivity contribution in [3.63, 3.8) is 0 Å². The highest BCUT2D eigenvalue weighted by Crippen LogP contribution is 2.21. The molecule has 0 spiro atoms. The Morgan fingerprint density at radius 1 is 1.14 bits per heavy atom. The Hall–Kier alpha value is -1.84.